The van der Waals surface area contributed by atoms with Crippen LogP contribution in [0.4, 0.5) is 5.69 Å². The van der Waals surface area contributed by atoms with E-state index < -0.39 is 22.7 Å². The summed E-state index contributed by atoms with van der Waals surface area (Å²) in [6.07, 6.45) is 14.4. The fraction of sp³-hybridized carbons (Fsp3) is 0.609. The number of hydrogen-bond acceptors (Lipinski definition) is 12. The summed E-state index contributed by atoms with van der Waals surface area (Å²) >= 11 is 0. The Kier molecular flexibility index (Phi) is 16.5. The standard InChI is InChI=1S/C46H63N3O11/c1-3-25-58-46-42(48(21-26-57-27-24-52)43(53)20-17-32-11-4-5-12-32)31-40(47-56-2)38-28-33(13-6-8-22-50)37(16-7-9-23-51)44(45(38)46)39-30-36(18-19-41(39)60-46)59-35-15-10-14-34(29-35)49(54)55/h3,10,14-15,18-19,28-30,32-33,37,42,44-45,50-52H,1,4-9,11-13,16-17,20-27,31H2,2H3. The second-order valence-corrected chi connectivity index (χ2v) is 16.4. The molecule has 2 saturated carbocycles. The Bertz CT molecular complexity index is 1810. The minimum absolute atomic E-state index is 0.00774. The average Bonchev–Trinajstić information content (AvgIpc) is 3.78. The molecule has 0 spiro atoms. The van der Waals surface area contributed by atoms with Crippen molar-refractivity contribution < 1.29 is 48.8 Å². The molecule has 3 N–H and O–H groups in total. The first-order valence-corrected chi connectivity index (χ1v) is 21.8. The Morgan fingerprint density at radius 1 is 1.02 bits per heavy atom. The number of aliphatic hydroxyl groups excluding tert-OH is 3. The summed E-state index contributed by atoms with van der Waals surface area (Å²) in [6, 6.07) is 11.0. The SMILES string of the molecule is C=CCOC12Oc3ccc(Oc4cccc([N+](=O)[O-])c4)cc3C3C(CCCCO)C(CCCCO)C=C(C(=NOC)CC1N(CCOCCO)C(=O)CCC1CCCC1)C32. The number of amides is 1. The van der Waals surface area contributed by atoms with Crippen LogP contribution in [0.15, 0.2) is 71.9 Å². The maximum absolute atomic E-state index is 14.7. The highest BCUT2D eigenvalue weighted by Crippen LogP contribution is 2.62. The number of carbonyl (C=O) groups excluding carboxylic acids is 1. The van der Waals surface area contributed by atoms with Crippen LogP contribution in [0.5, 0.6) is 17.2 Å². The van der Waals surface area contributed by atoms with Gasteiger partial charge in [-0.05, 0) is 79.7 Å². The van der Waals surface area contributed by atoms with Gasteiger partial charge in [0.2, 0.25) is 11.7 Å². The van der Waals surface area contributed by atoms with Crippen molar-refractivity contribution in [1.29, 1.82) is 0 Å². The molecule has 6 unspecified atom stereocenters. The van der Waals surface area contributed by atoms with Crippen molar-refractivity contribution in [2.75, 3.05) is 53.3 Å². The van der Waals surface area contributed by atoms with Gasteiger partial charge < -0.3 is 44.0 Å². The fourth-order valence-corrected chi connectivity index (χ4v) is 10.2. The van der Waals surface area contributed by atoms with Gasteiger partial charge in [-0.2, -0.15) is 0 Å². The van der Waals surface area contributed by atoms with Gasteiger partial charge in [0.15, 0.2) is 0 Å². The highest BCUT2D eigenvalue weighted by Gasteiger charge is 2.65. The van der Waals surface area contributed by atoms with E-state index in [0.717, 1.165) is 56.1 Å². The van der Waals surface area contributed by atoms with Crippen LogP contribution < -0.4 is 9.47 Å². The monoisotopic (exact) mass is 833 g/mol. The summed E-state index contributed by atoms with van der Waals surface area (Å²) in [5.74, 6) is -0.300. The predicted octanol–water partition coefficient (Wildman–Crippen LogP) is 7.46. The summed E-state index contributed by atoms with van der Waals surface area (Å²) in [7, 11) is 1.52. The lowest BCUT2D eigenvalue weighted by Gasteiger charge is -2.60. The number of rotatable bonds is 24. The molecule has 2 aromatic carbocycles. The Labute approximate surface area is 353 Å². The molecule has 0 radical (unpaired) electrons. The number of allylic oxidation sites excluding steroid dienone is 1. The first-order chi connectivity index (χ1) is 29.3. The van der Waals surface area contributed by atoms with E-state index in [0.29, 0.717) is 48.1 Å². The summed E-state index contributed by atoms with van der Waals surface area (Å²) in [4.78, 5) is 33.3. The largest absolute Gasteiger partial charge is 0.459 e. The molecule has 60 heavy (non-hydrogen) atoms. The van der Waals surface area contributed by atoms with Crippen molar-refractivity contribution in [1.82, 2.24) is 4.90 Å². The Morgan fingerprint density at radius 2 is 1.78 bits per heavy atom. The third-order valence-corrected chi connectivity index (χ3v) is 12.8. The molecule has 6 atom stereocenters. The average molecular weight is 834 g/mol. The lowest BCUT2D eigenvalue weighted by atomic mass is 9.55. The van der Waals surface area contributed by atoms with E-state index in [2.05, 4.69) is 17.8 Å². The number of unbranched alkanes of at least 4 members (excludes halogenated alkanes) is 2. The van der Waals surface area contributed by atoms with Gasteiger partial charge in [0, 0.05) is 50.1 Å². The molecule has 4 aliphatic rings. The number of ether oxygens (including phenoxy) is 4. The first-order valence-electron chi connectivity index (χ1n) is 21.8. The van der Waals surface area contributed by atoms with Crippen molar-refractivity contribution in [3.8, 4) is 17.2 Å². The molecular formula is C46H63N3O11. The zero-order chi connectivity index (χ0) is 42.5. The number of non-ortho nitro benzene ring substituents is 1. The van der Waals surface area contributed by atoms with Gasteiger partial charge in [-0.3, -0.25) is 14.9 Å². The predicted molar refractivity (Wildman–Crippen MR) is 226 cm³/mol. The van der Waals surface area contributed by atoms with Gasteiger partial charge in [0.1, 0.15) is 30.4 Å². The molecular weight excluding hydrogens is 771 g/mol. The molecule has 0 aromatic heterocycles. The maximum atomic E-state index is 14.7. The Hall–Kier alpha value is -4.34. The molecule has 2 aromatic rings. The highest BCUT2D eigenvalue weighted by atomic mass is 16.7. The van der Waals surface area contributed by atoms with Crippen LogP contribution in [-0.2, 0) is 19.1 Å². The second-order valence-electron chi connectivity index (χ2n) is 16.4. The summed E-state index contributed by atoms with van der Waals surface area (Å²) in [5, 5.41) is 45.6. The van der Waals surface area contributed by atoms with E-state index in [1.807, 2.05) is 17.0 Å². The van der Waals surface area contributed by atoms with Crippen LogP contribution in [0.1, 0.15) is 95.0 Å². The lowest BCUT2D eigenvalue weighted by molar-refractivity contribution is -0.384. The van der Waals surface area contributed by atoms with Crippen LogP contribution in [0.3, 0.4) is 0 Å². The minimum Gasteiger partial charge on any atom is -0.459 e. The van der Waals surface area contributed by atoms with Crippen molar-refractivity contribution in [3.05, 3.63) is 82.4 Å². The van der Waals surface area contributed by atoms with Crippen LogP contribution >= 0.6 is 0 Å². The number of nitro groups is 1. The molecule has 328 valence electrons. The summed E-state index contributed by atoms with van der Waals surface area (Å²) < 4.78 is 26.5. The molecule has 14 nitrogen and oxygen atoms in total. The van der Waals surface area contributed by atoms with E-state index in [1.165, 1.54) is 32.1 Å². The van der Waals surface area contributed by atoms with E-state index in [9.17, 15) is 30.2 Å². The van der Waals surface area contributed by atoms with Crippen LogP contribution in [-0.4, -0.2) is 102 Å². The maximum Gasteiger partial charge on any atom is 0.273 e. The third-order valence-electron chi connectivity index (χ3n) is 12.8. The molecule has 1 aliphatic heterocycles. The van der Waals surface area contributed by atoms with Crippen molar-refractivity contribution in [2.45, 2.75) is 101 Å². The first kappa shape index (κ1) is 45.2. The normalized spacial score (nSPS) is 25.2. The smallest absolute Gasteiger partial charge is 0.273 e. The number of nitro benzene ring substituents is 1. The van der Waals surface area contributed by atoms with Crippen LogP contribution in [0.25, 0.3) is 0 Å². The molecule has 2 fully saturated rings. The summed E-state index contributed by atoms with van der Waals surface area (Å²) in [5.41, 5.74) is 2.39. The minimum atomic E-state index is -1.42. The highest BCUT2D eigenvalue weighted by molar-refractivity contribution is 6.03. The van der Waals surface area contributed by atoms with Crippen LogP contribution in [0, 0.1) is 33.8 Å². The molecule has 0 saturated heterocycles. The van der Waals surface area contributed by atoms with E-state index in [-0.39, 0.29) is 82.0 Å². The number of benzene rings is 2. The molecule has 3 aliphatic carbocycles. The number of hydrogen-bond donors (Lipinski definition) is 3. The number of oxime groups is 1. The second kappa shape index (κ2) is 22.0. The number of aliphatic hydroxyl groups is 3. The zero-order valence-corrected chi connectivity index (χ0v) is 35.0. The lowest BCUT2D eigenvalue weighted by Crippen LogP contribution is -2.70. The Morgan fingerprint density at radius 3 is 2.50 bits per heavy atom. The van der Waals surface area contributed by atoms with E-state index in [1.54, 1.807) is 24.3 Å². The zero-order valence-electron chi connectivity index (χ0n) is 35.0. The molecule has 1 amide bonds. The quantitative estimate of drug-likeness (QED) is 0.0413. The number of fused-ring (bicyclic) bond motifs is 2. The van der Waals surface area contributed by atoms with Gasteiger partial charge in [-0.25, -0.2) is 0 Å². The van der Waals surface area contributed by atoms with Gasteiger partial charge in [-0.1, -0.05) is 61.9 Å². The van der Waals surface area contributed by atoms with E-state index >= 15 is 0 Å². The van der Waals surface area contributed by atoms with E-state index in [4.69, 9.17) is 23.8 Å². The van der Waals surface area contributed by atoms with Gasteiger partial charge in [0.05, 0.1) is 49.0 Å². The molecule has 6 rings (SSSR count). The van der Waals surface area contributed by atoms with Gasteiger partial charge in [-0.15, -0.1) is 6.58 Å². The fourth-order valence-electron chi connectivity index (χ4n) is 10.2. The topological polar surface area (TPSA) is 183 Å². The molecule has 1 heterocycles. The molecule has 0 bridgehead atoms. The number of nitrogens with zero attached hydrogens (tertiary/aromatic N) is 3. The van der Waals surface area contributed by atoms with Crippen molar-refractivity contribution >= 4 is 17.3 Å². The third kappa shape index (κ3) is 10.4. The van der Waals surface area contributed by atoms with Gasteiger partial charge in [0.25, 0.3) is 5.69 Å². The molecule has 14 heteroatoms. The van der Waals surface area contributed by atoms with Crippen LogP contribution in [0.2, 0.25) is 0 Å². The Balaban J connectivity index is 1.53. The number of carbonyl (C=O) groups is 1. The van der Waals surface area contributed by atoms with Crippen molar-refractivity contribution in [3.63, 3.8) is 0 Å². The van der Waals surface area contributed by atoms with Gasteiger partial charge >= 0.3 is 0 Å². The van der Waals surface area contributed by atoms with Crippen molar-refractivity contribution in [2.24, 2.45) is 28.8 Å². The summed E-state index contributed by atoms with van der Waals surface area (Å²) in [6.45, 7) is 4.72.